The van der Waals surface area contributed by atoms with Gasteiger partial charge in [0.2, 0.25) is 0 Å². The molecule has 0 saturated carbocycles. The fourth-order valence-corrected chi connectivity index (χ4v) is 1.89. The summed E-state index contributed by atoms with van der Waals surface area (Å²) in [4.78, 5) is 11.5. The molecule has 0 bridgehead atoms. The Balaban J connectivity index is 2.79. The van der Waals surface area contributed by atoms with Crippen LogP contribution in [0.5, 0.6) is 0 Å². The zero-order chi connectivity index (χ0) is 10.1. The van der Waals surface area contributed by atoms with Gasteiger partial charge in [0.15, 0.2) is 15.6 Å². The first-order valence-corrected chi connectivity index (χ1v) is 6.30. The summed E-state index contributed by atoms with van der Waals surface area (Å²) in [6.07, 6.45) is 5.56. The molecular formula is C9H14O3S. The van der Waals surface area contributed by atoms with Crippen molar-refractivity contribution in [3.05, 3.63) is 11.6 Å². The van der Waals surface area contributed by atoms with Gasteiger partial charge in [0.25, 0.3) is 0 Å². The summed E-state index contributed by atoms with van der Waals surface area (Å²) in [6.45, 7) is 1.46. The zero-order valence-electron chi connectivity index (χ0n) is 7.91. The number of ketones is 1. The van der Waals surface area contributed by atoms with Crippen molar-refractivity contribution < 1.29 is 13.2 Å². The highest BCUT2D eigenvalue weighted by Crippen LogP contribution is 2.21. The van der Waals surface area contributed by atoms with Crippen LogP contribution in [0.15, 0.2) is 11.6 Å². The smallest absolute Gasteiger partial charge is 0.176 e. The van der Waals surface area contributed by atoms with E-state index in [0.29, 0.717) is 5.57 Å². The summed E-state index contributed by atoms with van der Waals surface area (Å²) in [6, 6.07) is 0. The van der Waals surface area contributed by atoms with Crippen LogP contribution in [-0.4, -0.2) is 25.7 Å². The van der Waals surface area contributed by atoms with Crippen LogP contribution in [0.25, 0.3) is 0 Å². The van der Waals surface area contributed by atoms with E-state index >= 15 is 0 Å². The third kappa shape index (κ3) is 2.40. The van der Waals surface area contributed by atoms with Crippen molar-refractivity contribution >= 4 is 15.6 Å². The van der Waals surface area contributed by atoms with Crippen LogP contribution in [-0.2, 0) is 14.6 Å². The van der Waals surface area contributed by atoms with Crippen LogP contribution in [0.3, 0.4) is 0 Å². The van der Waals surface area contributed by atoms with Gasteiger partial charge in [0.1, 0.15) is 5.25 Å². The summed E-state index contributed by atoms with van der Waals surface area (Å²) in [7, 11) is -3.23. The first-order chi connectivity index (χ1) is 5.93. The van der Waals surface area contributed by atoms with E-state index in [4.69, 9.17) is 0 Å². The number of carbonyl (C=O) groups is 1. The van der Waals surface area contributed by atoms with Crippen molar-refractivity contribution in [3.8, 4) is 0 Å². The molecule has 0 saturated heterocycles. The Bertz CT molecular complexity index is 338. The molecule has 0 aromatic carbocycles. The second-order valence-corrected chi connectivity index (χ2v) is 5.82. The molecule has 0 spiro atoms. The lowest BCUT2D eigenvalue weighted by atomic mass is 10.1. The molecule has 0 heterocycles. The highest BCUT2D eigenvalue weighted by Gasteiger charge is 2.26. The van der Waals surface area contributed by atoms with Crippen molar-refractivity contribution in [2.45, 2.75) is 31.4 Å². The van der Waals surface area contributed by atoms with E-state index < -0.39 is 15.1 Å². The third-order valence-corrected chi connectivity index (χ3v) is 3.87. The number of hydrogen-bond acceptors (Lipinski definition) is 3. The molecular weight excluding hydrogens is 188 g/mol. The normalized spacial score (nSPS) is 19.7. The number of rotatable bonds is 3. The highest BCUT2D eigenvalue weighted by molar-refractivity contribution is 7.92. The van der Waals surface area contributed by atoms with Crippen LogP contribution in [0.2, 0.25) is 0 Å². The molecule has 0 aliphatic heterocycles. The van der Waals surface area contributed by atoms with E-state index in [0.717, 1.165) is 25.5 Å². The van der Waals surface area contributed by atoms with Gasteiger partial charge in [-0.05, 0) is 31.8 Å². The Morgan fingerprint density at radius 1 is 1.54 bits per heavy atom. The Labute approximate surface area is 78.8 Å². The van der Waals surface area contributed by atoms with Crippen molar-refractivity contribution in [2.75, 3.05) is 6.26 Å². The average Bonchev–Trinajstić information content (AvgIpc) is 2.51. The molecule has 0 N–H and O–H groups in total. The summed E-state index contributed by atoms with van der Waals surface area (Å²) in [5.74, 6) is -0.222. The molecule has 13 heavy (non-hydrogen) atoms. The van der Waals surface area contributed by atoms with Crippen molar-refractivity contribution in [1.82, 2.24) is 0 Å². The molecule has 0 radical (unpaired) electrons. The fraction of sp³-hybridized carbons (Fsp3) is 0.667. The predicted octanol–water partition coefficient (Wildman–Crippen LogP) is 1.10. The Morgan fingerprint density at radius 2 is 2.15 bits per heavy atom. The van der Waals surface area contributed by atoms with Crippen LogP contribution in [0, 0.1) is 0 Å². The van der Waals surface area contributed by atoms with Gasteiger partial charge < -0.3 is 0 Å². The second-order valence-electron chi connectivity index (χ2n) is 3.46. The molecule has 1 rings (SSSR count). The van der Waals surface area contributed by atoms with Gasteiger partial charge in [-0.25, -0.2) is 8.42 Å². The molecule has 0 aromatic heterocycles. The molecule has 0 amide bonds. The molecule has 0 fully saturated rings. The van der Waals surface area contributed by atoms with E-state index in [9.17, 15) is 13.2 Å². The monoisotopic (exact) mass is 202 g/mol. The Kier molecular flexibility index (Phi) is 2.91. The number of carbonyl (C=O) groups excluding carboxylic acids is 1. The number of hydrogen-bond donors (Lipinski definition) is 0. The summed E-state index contributed by atoms with van der Waals surface area (Å²) in [5, 5.41) is -0.878. The standard InChI is InChI=1S/C9H14O3S/c1-7(13(2,11)12)9(10)8-5-3-4-6-8/h5,7H,3-4,6H2,1-2H3. The van der Waals surface area contributed by atoms with Crippen LogP contribution in [0.4, 0.5) is 0 Å². The average molecular weight is 202 g/mol. The second kappa shape index (κ2) is 3.62. The van der Waals surface area contributed by atoms with Crippen molar-refractivity contribution in [1.29, 1.82) is 0 Å². The minimum Gasteiger partial charge on any atom is -0.293 e. The van der Waals surface area contributed by atoms with Crippen molar-refractivity contribution in [3.63, 3.8) is 0 Å². The van der Waals surface area contributed by atoms with Gasteiger partial charge in [-0.1, -0.05) is 6.08 Å². The predicted molar refractivity (Wildman–Crippen MR) is 51.2 cm³/mol. The van der Waals surface area contributed by atoms with Gasteiger partial charge in [0.05, 0.1) is 0 Å². The first kappa shape index (κ1) is 10.4. The van der Waals surface area contributed by atoms with Gasteiger partial charge in [0, 0.05) is 6.26 Å². The van der Waals surface area contributed by atoms with Gasteiger partial charge in [-0.15, -0.1) is 0 Å². The topological polar surface area (TPSA) is 51.2 Å². The van der Waals surface area contributed by atoms with Gasteiger partial charge >= 0.3 is 0 Å². The molecule has 3 nitrogen and oxygen atoms in total. The van der Waals surface area contributed by atoms with Crippen LogP contribution in [0.1, 0.15) is 26.2 Å². The van der Waals surface area contributed by atoms with E-state index in [1.165, 1.54) is 6.92 Å². The van der Waals surface area contributed by atoms with Crippen LogP contribution >= 0.6 is 0 Å². The lowest BCUT2D eigenvalue weighted by molar-refractivity contribution is -0.115. The van der Waals surface area contributed by atoms with E-state index in [1.54, 1.807) is 0 Å². The van der Waals surface area contributed by atoms with Crippen LogP contribution < -0.4 is 0 Å². The molecule has 74 valence electrons. The largest absolute Gasteiger partial charge is 0.293 e. The molecule has 1 unspecified atom stereocenters. The molecule has 0 aromatic rings. The summed E-state index contributed by atoms with van der Waals surface area (Å²) < 4.78 is 22.2. The van der Waals surface area contributed by atoms with Gasteiger partial charge in [-0.3, -0.25) is 4.79 Å². The zero-order valence-corrected chi connectivity index (χ0v) is 8.73. The maximum Gasteiger partial charge on any atom is 0.176 e. The number of sulfone groups is 1. The van der Waals surface area contributed by atoms with E-state index in [-0.39, 0.29) is 5.78 Å². The summed E-state index contributed by atoms with van der Waals surface area (Å²) >= 11 is 0. The molecule has 4 heteroatoms. The molecule has 1 aliphatic carbocycles. The lowest BCUT2D eigenvalue weighted by Crippen LogP contribution is -2.27. The van der Waals surface area contributed by atoms with E-state index in [1.807, 2.05) is 6.08 Å². The summed E-state index contributed by atoms with van der Waals surface area (Å²) in [5.41, 5.74) is 0.693. The number of allylic oxidation sites excluding steroid dienone is 2. The minimum atomic E-state index is -3.23. The number of Topliss-reactive ketones (excluding diaryl/α,β-unsaturated/α-hetero) is 1. The van der Waals surface area contributed by atoms with Crippen molar-refractivity contribution in [2.24, 2.45) is 0 Å². The van der Waals surface area contributed by atoms with Gasteiger partial charge in [-0.2, -0.15) is 0 Å². The lowest BCUT2D eigenvalue weighted by Gasteiger charge is -2.08. The highest BCUT2D eigenvalue weighted by atomic mass is 32.2. The quantitative estimate of drug-likeness (QED) is 0.688. The SMILES string of the molecule is CC(C(=O)C1=CCCC1)S(C)(=O)=O. The third-order valence-electron chi connectivity index (χ3n) is 2.37. The fourth-order valence-electron chi connectivity index (χ4n) is 1.35. The first-order valence-electron chi connectivity index (χ1n) is 4.35. The minimum absolute atomic E-state index is 0.222. The maximum absolute atomic E-state index is 11.5. The van der Waals surface area contributed by atoms with E-state index in [2.05, 4.69) is 0 Å². The Hall–Kier alpha value is -0.640. The Morgan fingerprint density at radius 3 is 2.54 bits per heavy atom. The molecule has 1 atom stereocenters. The molecule has 1 aliphatic rings. The maximum atomic E-state index is 11.5.